The van der Waals surface area contributed by atoms with Gasteiger partial charge in [-0.05, 0) is 56.6 Å². The molecule has 2 rings (SSSR count). The second-order valence-corrected chi connectivity index (χ2v) is 7.62. The predicted octanol–water partition coefficient (Wildman–Crippen LogP) is 3.05. The second-order valence-electron chi connectivity index (χ2n) is 6.59. The smallest absolute Gasteiger partial charge is 0.191 e. The Morgan fingerprint density at radius 3 is 2.57 bits per heavy atom. The lowest BCUT2D eigenvalue weighted by Crippen LogP contribution is -2.46. The first-order valence-corrected chi connectivity index (χ1v) is 9.11. The maximum Gasteiger partial charge on any atom is 0.191 e. The number of nitrogens with zero attached hydrogens (tertiary/aromatic N) is 2. The summed E-state index contributed by atoms with van der Waals surface area (Å²) in [5, 5.41) is 9.09. The van der Waals surface area contributed by atoms with Crippen LogP contribution >= 0.6 is 35.3 Å². The number of hydrogen-bond donors (Lipinski definition) is 2. The van der Waals surface area contributed by atoms with Gasteiger partial charge in [-0.15, -0.1) is 35.3 Å². The molecule has 0 aliphatic heterocycles. The molecule has 1 fully saturated rings. The number of rotatable bonds is 8. The first kappa shape index (κ1) is 20.7. The van der Waals surface area contributed by atoms with Gasteiger partial charge in [-0.3, -0.25) is 4.99 Å². The monoisotopic (exact) mass is 450 g/mol. The van der Waals surface area contributed by atoms with Gasteiger partial charge in [0.1, 0.15) is 0 Å². The fourth-order valence-corrected chi connectivity index (χ4v) is 3.66. The molecule has 132 valence electrons. The van der Waals surface area contributed by atoms with Crippen LogP contribution in [0.3, 0.4) is 0 Å². The molecular weight excluding hydrogens is 419 g/mol. The van der Waals surface area contributed by atoms with E-state index in [-0.39, 0.29) is 24.0 Å². The lowest BCUT2D eigenvalue weighted by molar-refractivity contribution is 0.264. The van der Waals surface area contributed by atoms with E-state index in [1.807, 2.05) is 18.4 Å². The molecule has 1 aliphatic carbocycles. The molecule has 0 bridgehead atoms. The molecule has 0 aromatic carbocycles. The Labute approximate surface area is 162 Å². The second kappa shape index (κ2) is 10.5. The van der Waals surface area contributed by atoms with Crippen molar-refractivity contribution < 1.29 is 0 Å². The minimum Gasteiger partial charge on any atom is -0.356 e. The molecule has 2 atom stereocenters. The van der Waals surface area contributed by atoms with Crippen molar-refractivity contribution in [1.29, 1.82) is 0 Å². The molecule has 1 aromatic rings. The van der Waals surface area contributed by atoms with Crippen LogP contribution in [0.25, 0.3) is 0 Å². The average Bonchev–Trinajstić information content (AvgIpc) is 3.19. The summed E-state index contributed by atoms with van der Waals surface area (Å²) in [6, 6.07) is 4.95. The number of likely N-dealkylation sites (N-methyl/N-ethyl adjacent to an activating group) is 1. The maximum atomic E-state index is 4.35. The lowest BCUT2D eigenvalue weighted by Gasteiger charge is -2.25. The van der Waals surface area contributed by atoms with Crippen LogP contribution in [0.15, 0.2) is 22.5 Å². The first-order chi connectivity index (χ1) is 10.6. The van der Waals surface area contributed by atoms with Crippen LogP contribution < -0.4 is 10.6 Å². The van der Waals surface area contributed by atoms with E-state index in [1.165, 1.54) is 17.7 Å². The highest BCUT2D eigenvalue weighted by atomic mass is 127. The van der Waals surface area contributed by atoms with Crippen LogP contribution in [-0.2, 0) is 6.42 Å². The Morgan fingerprint density at radius 2 is 2.04 bits per heavy atom. The van der Waals surface area contributed by atoms with Crippen molar-refractivity contribution in [3.63, 3.8) is 0 Å². The van der Waals surface area contributed by atoms with E-state index in [9.17, 15) is 0 Å². The van der Waals surface area contributed by atoms with Gasteiger partial charge in [0.25, 0.3) is 0 Å². The Hall–Kier alpha value is -0.340. The molecule has 2 unspecified atom stereocenters. The van der Waals surface area contributed by atoms with Crippen molar-refractivity contribution in [2.45, 2.75) is 32.2 Å². The van der Waals surface area contributed by atoms with Gasteiger partial charge in [-0.2, -0.15) is 0 Å². The molecule has 6 heteroatoms. The Bertz CT molecular complexity index is 455. The van der Waals surface area contributed by atoms with E-state index in [0.29, 0.717) is 12.0 Å². The third-order valence-corrected chi connectivity index (χ3v) is 5.18. The summed E-state index contributed by atoms with van der Waals surface area (Å²) in [7, 11) is 6.19. The molecular formula is C17H31IN4S. The van der Waals surface area contributed by atoms with Crippen LogP contribution in [-0.4, -0.2) is 51.1 Å². The van der Waals surface area contributed by atoms with E-state index in [2.05, 4.69) is 59.1 Å². The summed E-state index contributed by atoms with van der Waals surface area (Å²) in [5.41, 5.74) is 0. The number of aliphatic imine (C=N–C) groups is 1. The molecule has 0 radical (unpaired) electrons. The molecule has 1 heterocycles. The van der Waals surface area contributed by atoms with Crippen molar-refractivity contribution in [3.05, 3.63) is 22.4 Å². The summed E-state index contributed by atoms with van der Waals surface area (Å²) in [6.07, 6.45) is 3.87. The number of halogens is 1. The molecule has 1 aromatic heterocycles. The Morgan fingerprint density at radius 1 is 1.35 bits per heavy atom. The number of guanidine groups is 1. The van der Waals surface area contributed by atoms with Gasteiger partial charge in [0.15, 0.2) is 5.96 Å². The van der Waals surface area contributed by atoms with Crippen LogP contribution in [0.5, 0.6) is 0 Å². The molecule has 4 nitrogen and oxygen atoms in total. The van der Waals surface area contributed by atoms with Gasteiger partial charge < -0.3 is 15.5 Å². The number of thiophene rings is 1. The quantitative estimate of drug-likeness (QED) is 0.364. The first-order valence-electron chi connectivity index (χ1n) is 8.23. The third kappa shape index (κ3) is 7.39. The molecule has 0 spiro atoms. The van der Waals surface area contributed by atoms with E-state index in [1.54, 1.807) is 0 Å². The van der Waals surface area contributed by atoms with E-state index < -0.39 is 0 Å². The van der Waals surface area contributed by atoms with Crippen LogP contribution in [0, 0.1) is 11.8 Å². The SMILES string of the molecule is CN=C(NCC(C)Cc1cccs1)NCC(C1CC1)N(C)C.I. The number of nitrogens with one attached hydrogen (secondary N) is 2. The maximum absolute atomic E-state index is 4.35. The zero-order valence-corrected chi connectivity index (χ0v) is 17.9. The van der Waals surface area contributed by atoms with Crippen molar-refractivity contribution in [2.75, 3.05) is 34.2 Å². The zero-order chi connectivity index (χ0) is 15.9. The van der Waals surface area contributed by atoms with Crippen LogP contribution in [0.1, 0.15) is 24.6 Å². The Kier molecular flexibility index (Phi) is 9.46. The minimum absolute atomic E-state index is 0. The third-order valence-electron chi connectivity index (χ3n) is 4.28. The minimum atomic E-state index is 0. The van der Waals surface area contributed by atoms with Crippen LogP contribution in [0.2, 0.25) is 0 Å². The van der Waals surface area contributed by atoms with Gasteiger partial charge in [0.05, 0.1) is 0 Å². The number of hydrogen-bond acceptors (Lipinski definition) is 3. The van der Waals surface area contributed by atoms with Crippen molar-refractivity contribution in [3.8, 4) is 0 Å². The molecule has 1 aliphatic rings. The highest BCUT2D eigenvalue weighted by molar-refractivity contribution is 14.0. The van der Waals surface area contributed by atoms with Gasteiger partial charge >= 0.3 is 0 Å². The van der Waals surface area contributed by atoms with E-state index in [0.717, 1.165) is 31.4 Å². The zero-order valence-electron chi connectivity index (χ0n) is 14.7. The standard InChI is InChI=1S/C17H30N4S.HI/c1-13(10-15-6-5-9-22-15)11-19-17(18-2)20-12-16(21(3)4)14-7-8-14;/h5-6,9,13-14,16H,7-8,10-12H2,1-4H3,(H2,18,19,20);1H. The largest absolute Gasteiger partial charge is 0.356 e. The van der Waals surface area contributed by atoms with Gasteiger partial charge in [0, 0.05) is 31.1 Å². The van der Waals surface area contributed by atoms with Crippen molar-refractivity contribution in [2.24, 2.45) is 16.8 Å². The van der Waals surface area contributed by atoms with Crippen LogP contribution in [0.4, 0.5) is 0 Å². The molecule has 0 saturated heterocycles. The van der Waals surface area contributed by atoms with E-state index in [4.69, 9.17) is 0 Å². The van der Waals surface area contributed by atoms with Gasteiger partial charge in [-0.1, -0.05) is 13.0 Å². The summed E-state index contributed by atoms with van der Waals surface area (Å²) in [5.74, 6) is 2.38. The summed E-state index contributed by atoms with van der Waals surface area (Å²) in [6.45, 7) is 4.21. The van der Waals surface area contributed by atoms with Gasteiger partial charge in [0.2, 0.25) is 0 Å². The summed E-state index contributed by atoms with van der Waals surface area (Å²) in [4.78, 5) is 8.13. The van der Waals surface area contributed by atoms with Gasteiger partial charge in [-0.25, -0.2) is 0 Å². The van der Waals surface area contributed by atoms with Crippen molar-refractivity contribution >= 4 is 41.3 Å². The topological polar surface area (TPSA) is 39.7 Å². The van der Waals surface area contributed by atoms with E-state index >= 15 is 0 Å². The summed E-state index contributed by atoms with van der Waals surface area (Å²) >= 11 is 1.84. The fraction of sp³-hybridized carbons (Fsp3) is 0.706. The molecule has 1 saturated carbocycles. The highest BCUT2D eigenvalue weighted by Gasteiger charge is 2.32. The molecule has 0 amide bonds. The summed E-state index contributed by atoms with van der Waals surface area (Å²) < 4.78 is 0. The van der Waals surface area contributed by atoms with Crippen molar-refractivity contribution in [1.82, 2.24) is 15.5 Å². The molecule has 23 heavy (non-hydrogen) atoms. The lowest BCUT2D eigenvalue weighted by atomic mass is 10.1. The fourth-order valence-electron chi connectivity index (χ4n) is 2.79. The highest BCUT2D eigenvalue weighted by Crippen LogP contribution is 2.34. The normalized spacial score (nSPS) is 17.5. The molecule has 2 N–H and O–H groups in total. The average molecular weight is 450 g/mol. The predicted molar refractivity (Wildman–Crippen MR) is 112 cm³/mol. The Balaban J connectivity index is 0.00000264.